The SMILES string of the molecule is CN([At])c1ccc(C(=O)O)cc1. The number of benzene rings is 1. The average molecular weight is 360 g/mol. The first-order valence-corrected chi connectivity index (χ1v) is 4.65. The molecule has 0 atom stereocenters. The van der Waals surface area contributed by atoms with E-state index in [1.54, 1.807) is 24.3 Å². The second kappa shape index (κ2) is 3.86. The number of aromatic carboxylic acids is 1. The average Bonchev–Trinajstić information content (AvgIpc) is 2.04. The number of hydrogen-bond acceptors (Lipinski definition) is 2. The summed E-state index contributed by atoms with van der Waals surface area (Å²) in [6, 6.07) is 6.80. The maximum atomic E-state index is 10.5. The first kappa shape index (κ1) is 9.46. The molecule has 0 bridgehead atoms. The summed E-state index contributed by atoms with van der Waals surface area (Å²) in [7, 11) is 1.94. The first-order chi connectivity index (χ1) is 5.61. The molecule has 1 aromatic carbocycles. The summed E-state index contributed by atoms with van der Waals surface area (Å²) in [6.45, 7) is 0. The summed E-state index contributed by atoms with van der Waals surface area (Å²) < 4.78 is 1.98. The Kier molecular flexibility index (Phi) is 3.04. The second-order valence-corrected chi connectivity index (χ2v) is 4.30. The third-order valence-corrected chi connectivity index (χ3v) is 2.23. The fraction of sp³-hybridized carbons (Fsp3) is 0.125. The van der Waals surface area contributed by atoms with E-state index in [4.69, 9.17) is 5.11 Å². The number of hydrogen-bond donors (Lipinski definition) is 1. The van der Waals surface area contributed by atoms with E-state index in [9.17, 15) is 4.79 Å². The maximum absolute atomic E-state index is 10.5. The van der Waals surface area contributed by atoms with Gasteiger partial charge in [0.2, 0.25) is 0 Å². The third kappa shape index (κ3) is 2.18. The van der Waals surface area contributed by atoms with Crippen LogP contribution in [0, 0.1) is 25.0 Å². The van der Waals surface area contributed by atoms with Crippen molar-refractivity contribution in [2.75, 3.05) is 9.89 Å². The molecule has 0 aromatic heterocycles. The van der Waals surface area contributed by atoms with E-state index in [-0.39, 0.29) is 0 Å². The molecule has 0 aliphatic rings. The zero-order chi connectivity index (χ0) is 9.14. The number of carboxylic acids is 1. The van der Waals surface area contributed by atoms with E-state index < -0.39 is 5.97 Å². The number of carboxylic acid groups (broad SMARTS) is 1. The molecule has 0 unspecified atom stereocenters. The fourth-order valence-electron chi connectivity index (χ4n) is 0.809. The number of anilines is 1. The van der Waals surface area contributed by atoms with Crippen molar-refractivity contribution in [1.29, 1.82) is 0 Å². The predicted molar refractivity (Wildman–Crippen MR) is 41.8 cm³/mol. The van der Waals surface area contributed by atoms with Crippen molar-refractivity contribution in [2.45, 2.75) is 0 Å². The zero-order valence-corrected chi connectivity index (χ0v) is 9.43. The second-order valence-electron chi connectivity index (χ2n) is 2.33. The van der Waals surface area contributed by atoms with E-state index in [2.05, 4.69) is 0 Å². The molecule has 12 heavy (non-hydrogen) atoms. The molecule has 0 amide bonds. The minimum atomic E-state index is -0.884. The van der Waals surface area contributed by atoms with Gasteiger partial charge >= 0.3 is 86.3 Å². The third-order valence-electron chi connectivity index (χ3n) is 1.47. The quantitative estimate of drug-likeness (QED) is 0.864. The minimum absolute atomic E-state index is 0.326. The fourth-order valence-corrected chi connectivity index (χ4v) is 1.25. The van der Waals surface area contributed by atoms with Gasteiger partial charge in [-0.1, -0.05) is 0 Å². The summed E-state index contributed by atoms with van der Waals surface area (Å²) in [5.41, 5.74) is 1.35. The number of nitrogens with zero attached hydrogens (tertiary/aromatic N) is 1. The van der Waals surface area contributed by atoms with Crippen LogP contribution in [0.25, 0.3) is 0 Å². The molecular weight excluding hydrogens is 352 g/mol. The van der Waals surface area contributed by atoms with Crippen molar-refractivity contribution in [3.8, 4) is 0 Å². The molecular formula is C8H8AtNO2. The van der Waals surface area contributed by atoms with Gasteiger partial charge in [-0.3, -0.25) is 0 Å². The monoisotopic (exact) mass is 360 g/mol. The molecule has 0 spiro atoms. The van der Waals surface area contributed by atoms with Gasteiger partial charge in [0.25, 0.3) is 0 Å². The van der Waals surface area contributed by atoms with Crippen LogP contribution in [0.5, 0.6) is 0 Å². The predicted octanol–water partition coefficient (Wildman–Crippen LogP) is 1.29. The van der Waals surface area contributed by atoms with Crippen molar-refractivity contribution in [2.24, 2.45) is 0 Å². The molecule has 3 nitrogen and oxygen atoms in total. The van der Waals surface area contributed by atoms with Crippen molar-refractivity contribution in [3.05, 3.63) is 29.8 Å². The normalized spacial score (nSPS) is 9.50. The molecule has 64 valence electrons. The molecule has 0 saturated carbocycles. The van der Waals surface area contributed by atoms with Gasteiger partial charge < -0.3 is 0 Å². The Bertz CT molecular complexity index is 282. The van der Waals surface area contributed by atoms with Crippen LogP contribution in [0.1, 0.15) is 10.4 Å². The Balaban J connectivity index is 2.93. The molecule has 1 rings (SSSR count). The Morgan fingerprint density at radius 3 is 2.25 bits per heavy atom. The van der Waals surface area contributed by atoms with Gasteiger partial charge in [0.05, 0.1) is 0 Å². The van der Waals surface area contributed by atoms with Gasteiger partial charge in [-0.25, -0.2) is 0 Å². The zero-order valence-electron chi connectivity index (χ0n) is 6.49. The molecule has 1 N–H and O–H groups in total. The van der Waals surface area contributed by atoms with E-state index in [0.29, 0.717) is 5.56 Å². The summed E-state index contributed by atoms with van der Waals surface area (Å²) >= 11 is 1.52. The molecule has 0 fully saturated rings. The summed E-state index contributed by atoms with van der Waals surface area (Å²) in [4.78, 5) is 10.5. The van der Waals surface area contributed by atoms with Crippen molar-refractivity contribution in [1.82, 2.24) is 0 Å². The van der Waals surface area contributed by atoms with Crippen LogP contribution < -0.4 is 2.84 Å². The van der Waals surface area contributed by atoms with Crippen LogP contribution in [0.2, 0.25) is 0 Å². The molecule has 1 aromatic rings. The van der Waals surface area contributed by atoms with Gasteiger partial charge in [0.1, 0.15) is 0 Å². The van der Waals surface area contributed by atoms with Gasteiger partial charge in [0, 0.05) is 0 Å². The van der Waals surface area contributed by atoms with Crippen LogP contribution in [-0.4, -0.2) is 18.1 Å². The topological polar surface area (TPSA) is 40.5 Å². The number of carbonyl (C=O) groups is 1. The molecule has 0 saturated heterocycles. The van der Waals surface area contributed by atoms with Crippen molar-refractivity contribution < 1.29 is 34.9 Å². The van der Waals surface area contributed by atoms with E-state index >= 15 is 0 Å². The summed E-state index contributed by atoms with van der Waals surface area (Å²) in [5, 5.41) is 8.60. The Morgan fingerprint density at radius 2 is 1.92 bits per heavy atom. The van der Waals surface area contributed by atoms with Crippen LogP contribution in [0.4, 0.5) is 5.69 Å². The molecule has 0 radical (unpaired) electrons. The summed E-state index contributed by atoms with van der Waals surface area (Å²) in [6.07, 6.45) is 0. The van der Waals surface area contributed by atoms with Gasteiger partial charge in [-0.15, -0.1) is 0 Å². The van der Waals surface area contributed by atoms with Gasteiger partial charge in [-0.2, -0.15) is 0 Å². The molecule has 4 heteroatoms. The van der Waals surface area contributed by atoms with Gasteiger partial charge in [0.15, 0.2) is 0 Å². The van der Waals surface area contributed by atoms with E-state index in [0.717, 1.165) is 5.69 Å². The summed E-state index contributed by atoms with van der Waals surface area (Å²) in [5.74, 6) is -0.884. The van der Waals surface area contributed by atoms with Crippen LogP contribution >= 0.6 is 0 Å². The molecule has 0 aliphatic carbocycles. The standard InChI is InChI=1S/C8H8AtNO2/c1-10(9)7-4-2-6(3-5-7)8(11)12/h2-5H,1H3,(H,11,12). The molecule has 0 aliphatic heterocycles. The van der Waals surface area contributed by atoms with E-state index in [1.165, 1.54) is 25.0 Å². The van der Waals surface area contributed by atoms with Crippen LogP contribution in [0.15, 0.2) is 24.3 Å². The van der Waals surface area contributed by atoms with Crippen LogP contribution in [-0.2, 0) is 0 Å². The Morgan fingerprint density at radius 1 is 1.42 bits per heavy atom. The van der Waals surface area contributed by atoms with Crippen LogP contribution in [0.3, 0.4) is 0 Å². The number of rotatable bonds is 2. The Labute approximate surface area is 86.2 Å². The van der Waals surface area contributed by atoms with Crippen molar-refractivity contribution in [3.63, 3.8) is 0 Å². The molecule has 0 heterocycles. The first-order valence-electron chi connectivity index (χ1n) is 3.34. The Hall–Kier alpha value is -0.627. The van der Waals surface area contributed by atoms with Gasteiger partial charge in [-0.05, 0) is 0 Å². The van der Waals surface area contributed by atoms with E-state index in [1.807, 2.05) is 9.89 Å². The van der Waals surface area contributed by atoms with Crippen molar-refractivity contribution >= 4 is 11.7 Å².